The number of aryl methyl sites for hydroxylation is 2. The molecule has 0 atom stereocenters. The third-order valence-corrected chi connectivity index (χ3v) is 4.67. The lowest BCUT2D eigenvalue weighted by Crippen LogP contribution is -2.56. The molecule has 0 bridgehead atoms. The average Bonchev–Trinajstić information content (AvgIpc) is 2.62. The van der Waals surface area contributed by atoms with Crippen LogP contribution in [0.5, 0.6) is 0 Å². The van der Waals surface area contributed by atoms with Crippen LogP contribution in [0.25, 0.3) is 0 Å². The molecule has 28 heavy (non-hydrogen) atoms. The van der Waals surface area contributed by atoms with E-state index in [1.807, 2.05) is 0 Å². The molecule has 0 aromatic heterocycles. The van der Waals surface area contributed by atoms with Crippen LogP contribution in [0, 0.1) is 27.7 Å². The monoisotopic (exact) mass is 396 g/mol. The molecule has 0 saturated heterocycles. The van der Waals surface area contributed by atoms with Gasteiger partial charge in [0.1, 0.15) is 0 Å². The maximum atomic E-state index is 14.2. The number of nitrogens with one attached hydrogen (secondary N) is 2. The van der Waals surface area contributed by atoms with Gasteiger partial charge in [-0.3, -0.25) is 9.59 Å². The van der Waals surface area contributed by atoms with Crippen molar-refractivity contribution in [1.82, 2.24) is 0 Å². The fourth-order valence-electron chi connectivity index (χ4n) is 2.46. The summed E-state index contributed by atoms with van der Waals surface area (Å²) in [5.74, 6) is -15.0. The van der Waals surface area contributed by atoms with E-state index in [1.165, 1.54) is 24.3 Å². The molecule has 2 aromatic carbocycles. The summed E-state index contributed by atoms with van der Waals surface area (Å²) < 4.78 is 56.9. The van der Waals surface area contributed by atoms with Gasteiger partial charge in [0.25, 0.3) is 0 Å². The fourth-order valence-corrected chi connectivity index (χ4v) is 2.46. The van der Waals surface area contributed by atoms with Crippen molar-refractivity contribution < 1.29 is 27.2 Å². The summed E-state index contributed by atoms with van der Waals surface area (Å²) in [5.41, 5.74) is 2.21. The molecule has 0 unspecified atom stereocenters. The van der Waals surface area contributed by atoms with Crippen LogP contribution in [0.4, 0.5) is 28.9 Å². The highest BCUT2D eigenvalue weighted by atomic mass is 19.3. The summed E-state index contributed by atoms with van der Waals surface area (Å²) in [6.07, 6.45) is 0. The Balaban J connectivity index is 2.26. The second-order valence-electron chi connectivity index (χ2n) is 6.55. The van der Waals surface area contributed by atoms with Crippen molar-refractivity contribution in [2.24, 2.45) is 0 Å². The molecule has 4 nitrogen and oxygen atoms in total. The third kappa shape index (κ3) is 3.85. The molecule has 2 aromatic rings. The Morgan fingerprint density at radius 1 is 0.679 bits per heavy atom. The molecule has 0 radical (unpaired) electrons. The number of hydrogen-bond acceptors (Lipinski definition) is 2. The van der Waals surface area contributed by atoms with Crippen molar-refractivity contribution in [3.8, 4) is 0 Å². The minimum Gasteiger partial charge on any atom is -0.320 e. The van der Waals surface area contributed by atoms with Gasteiger partial charge in [-0.2, -0.15) is 17.6 Å². The number of anilines is 2. The molecule has 0 fully saturated rings. The Bertz CT molecular complexity index is 851. The summed E-state index contributed by atoms with van der Waals surface area (Å²) in [5, 5.41) is 3.58. The van der Waals surface area contributed by atoms with Gasteiger partial charge in [0, 0.05) is 11.4 Å². The Kier molecular flexibility index (Phi) is 5.82. The van der Waals surface area contributed by atoms with Crippen molar-refractivity contribution in [3.63, 3.8) is 0 Å². The lowest BCUT2D eigenvalue weighted by atomic mass is 10.1. The SMILES string of the molecule is Cc1cccc(NC(=O)C(F)(F)C(F)(F)C(=O)Nc2cccc(C)c2C)c1C. The van der Waals surface area contributed by atoms with Crippen LogP contribution in [0.3, 0.4) is 0 Å². The van der Waals surface area contributed by atoms with E-state index in [0.717, 1.165) is 0 Å². The number of hydrogen-bond donors (Lipinski definition) is 2. The Morgan fingerprint density at radius 2 is 1.00 bits per heavy atom. The summed E-state index contributed by atoms with van der Waals surface area (Å²) in [4.78, 5) is 23.8. The zero-order valence-corrected chi connectivity index (χ0v) is 15.8. The van der Waals surface area contributed by atoms with E-state index >= 15 is 0 Å². The van der Waals surface area contributed by atoms with Crippen LogP contribution in [0.15, 0.2) is 36.4 Å². The summed E-state index contributed by atoms with van der Waals surface area (Å²) >= 11 is 0. The molecule has 0 saturated carbocycles. The predicted molar refractivity (Wildman–Crippen MR) is 99.0 cm³/mol. The molecule has 2 rings (SSSR count). The zero-order chi connectivity index (χ0) is 21.3. The summed E-state index contributed by atoms with van der Waals surface area (Å²) in [7, 11) is 0. The van der Waals surface area contributed by atoms with Crippen molar-refractivity contribution in [2.45, 2.75) is 39.5 Å². The number of carbonyl (C=O) groups is 2. The van der Waals surface area contributed by atoms with Crippen molar-refractivity contribution in [3.05, 3.63) is 58.7 Å². The molecule has 0 heterocycles. The smallest absolute Gasteiger partial charge is 0.320 e. The minimum absolute atomic E-state index is 0.0320. The number of halogens is 4. The number of rotatable bonds is 5. The maximum absolute atomic E-state index is 14.2. The Labute approximate surface area is 159 Å². The van der Waals surface area contributed by atoms with E-state index < -0.39 is 23.7 Å². The number of benzene rings is 2. The first-order valence-corrected chi connectivity index (χ1v) is 8.40. The molecule has 0 aliphatic rings. The van der Waals surface area contributed by atoms with E-state index in [0.29, 0.717) is 22.3 Å². The molecular formula is C20H20F4N2O2. The highest BCUT2D eigenvalue weighted by molar-refractivity contribution is 6.06. The van der Waals surface area contributed by atoms with Gasteiger partial charge in [-0.1, -0.05) is 24.3 Å². The van der Waals surface area contributed by atoms with Gasteiger partial charge in [-0.05, 0) is 62.1 Å². The van der Waals surface area contributed by atoms with Gasteiger partial charge >= 0.3 is 23.7 Å². The molecule has 2 amide bonds. The standard InChI is InChI=1S/C20H20F4N2O2/c1-11-7-5-9-15(13(11)3)25-17(27)19(21,22)20(23,24)18(28)26-16-10-6-8-12(2)14(16)4/h5-10H,1-4H3,(H,25,27)(H,26,28). The number of alkyl halides is 4. The quantitative estimate of drug-likeness (QED) is 0.716. The second-order valence-corrected chi connectivity index (χ2v) is 6.55. The van der Waals surface area contributed by atoms with Gasteiger partial charge in [-0.25, -0.2) is 0 Å². The van der Waals surface area contributed by atoms with E-state index in [4.69, 9.17) is 0 Å². The van der Waals surface area contributed by atoms with Crippen LogP contribution >= 0.6 is 0 Å². The van der Waals surface area contributed by atoms with Gasteiger partial charge in [0.2, 0.25) is 0 Å². The third-order valence-electron chi connectivity index (χ3n) is 4.67. The normalized spacial score (nSPS) is 11.9. The van der Waals surface area contributed by atoms with E-state index in [1.54, 1.807) is 50.5 Å². The lowest BCUT2D eigenvalue weighted by molar-refractivity contribution is -0.204. The van der Waals surface area contributed by atoms with Gasteiger partial charge < -0.3 is 10.6 Å². The molecule has 2 N–H and O–H groups in total. The fraction of sp³-hybridized carbons (Fsp3) is 0.300. The number of carbonyl (C=O) groups excluding carboxylic acids is 2. The van der Waals surface area contributed by atoms with E-state index in [2.05, 4.69) is 0 Å². The molecule has 0 aliphatic carbocycles. The Hall–Kier alpha value is -2.90. The van der Waals surface area contributed by atoms with Gasteiger partial charge in [-0.15, -0.1) is 0 Å². The maximum Gasteiger partial charge on any atom is 0.396 e. The second kappa shape index (κ2) is 7.61. The van der Waals surface area contributed by atoms with Gasteiger partial charge in [0.15, 0.2) is 0 Å². The number of amides is 2. The molecule has 0 aliphatic heterocycles. The molecule has 150 valence electrons. The zero-order valence-electron chi connectivity index (χ0n) is 15.8. The van der Waals surface area contributed by atoms with E-state index in [-0.39, 0.29) is 11.4 Å². The summed E-state index contributed by atoms with van der Waals surface area (Å²) in [6, 6.07) is 8.95. The first kappa shape index (κ1) is 21.4. The molecule has 0 spiro atoms. The molecule has 8 heteroatoms. The summed E-state index contributed by atoms with van der Waals surface area (Å²) in [6.45, 7) is 6.45. The van der Waals surface area contributed by atoms with Crippen LogP contribution in [-0.2, 0) is 9.59 Å². The largest absolute Gasteiger partial charge is 0.396 e. The van der Waals surface area contributed by atoms with Crippen molar-refractivity contribution in [1.29, 1.82) is 0 Å². The van der Waals surface area contributed by atoms with Crippen molar-refractivity contribution >= 4 is 23.2 Å². The predicted octanol–water partition coefficient (Wildman–Crippen LogP) is 4.77. The highest BCUT2D eigenvalue weighted by Gasteiger charge is 2.67. The van der Waals surface area contributed by atoms with Crippen LogP contribution in [0.2, 0.25) is 0 Å². The molecular weight excluding hydrogens is 376 g/mol. The van der Waals surface area contributed by atoms with Gasteiger partial charge in [0.05, 0.1) is 0 Å². The first-order valence-electron chi connectivity index (χ1n) is 8.40. The van der Waals surface area contributed by atoms with Crippen LogP contribution in [0.1, 0.15) is 22.3 Å². The lowest BCUT2D eigenvalue weighted by Gasteiger charge is -2.25. The van der Waals surface area contributed by atoms with E-state index in [9.17, 15) is 27.2 Å². The Morgan fingerprint density at radius 3 is 1.32 bits per heavy atom. The van der Waals surface area contributed by atoms with Crippen LogP contribution < -0.4 is 10.6 Å². The average molecular weight is 396 g/mol. The van der Waals surface area contributed by atoms with Crippen LogP contribution in [-0.4, -0.2) is 23.7 Å². The first-order chi connectivity index (χ1) is 12.9. The topological polar surface area (TPSA) is 58.2 Å². The minimum atomic E-state index is -5.26. The van der Waals surface area contributed by atoms with Crippen molar-refractivity contribution in [2.75, 3.05) is 10.6 Å². The highest BCUT2D eigenvalue weighted by Crippen LogP contribution is 2.37.